The Hall–Kier alpha value is -2.95. The van der Waals surface area contributed by atoms with E-state index in [9.17, 15) is 18.8 Å². The zero-order valence-corrected chi connectivity index (χ0v) is 15.0. The summed E-state index contributed by atoms with van der Waals surface area (Å²) in [6, 6.07) is 6.52. The van der Waals surface area contributed by atoms with E-state index in [2.05, 4.69) is 15.8 Å². The molecule has 0 radical (unpaired) electrons. The molecule has 1 saturated heterocycles. The lowest BCUT2D eigenvalue weighted by Crippen LogP contribution is -2.33. The van der Waals surface area contributed by atoms with Gasteiger partial charge in [0.2, 0.25) is 0 Å². The van der Waals surface area contributed by atoms with Gasteiger partial charge in [-0.05, 0) is 38.5 Å². The van der Waals surface area contributed by atoms with Gasteiger partial charge in [0, 0.05) is 24.7 Å². The highest BCUT2D eigenvalue weighted by molar-refractivity contribution is 5.96. The van der Waals surface area contributed by atoms with E-state index in [0.717, 1.165) is 0 Å². The van der Waals surface area contributed by atoms with E-state index in [1.54, 1.807) is 13.0 Å². The zero-order valence-electron chi connectivity index (χ0n) is 15.0. The molecule has 0 aliphatic carbocycles. The van der Waals surface area contributed by atoms with E-state index in [1.807, 2.05) is 11.8 Å². The predicted molar refractivity (Wildman–Crippen MR) is 94.7 cm³/mol. The van der Waals surface area contributed by atoms with Crippen molar-refractivity contribution < 1.29 is 23.0 Å². The van der Waals surface area contributed by atoms with Crippen molar-refractivity contribution in [2.75, 3.05) is 24.6 Å². The van der Waals surface area contributed by atoms with Gasteiger partial charge in [-0.3, -0.25) is 9.78 Å². The number of rotatable bonds is 5. The van der Waals surface area contributed by atoms with Gasteiger partial charge in [0.1, 0.15) is 11.8 Å². The van der Waals surface area contributed by atoms with Crippen molar-refractivity contribution in [2.45, 2.75) is 26.9 Å². The minimum Gasteiger partial charge on any atom is -0.466 e. The molecule has 2 aromatic rings. The highest BCUT2D eigenvalue weighted by Crippen LogP contribution is 2.39. The van der Waals surface area contributed by atoms with Gasteiger partial charge in [0.05, 0.1) is 28.8 Å². The van der Waals surface area contributed by atoms with Crippen LogP contribution in [0.15, 0.2) is 24.4 Å². The third-order valence-electron chi connectivity index (χ3n) is 4.71. The molecule has 0 spiro atoms. The number of nitriles is 1. The molecule has 0 amide bonds. The second kappa shape index (κ2) is 7.35. The van der Waals surface area contributed by atoms with Crippen molar-refractivity contribution in [1.82, 2.24) is 4.98 Å². The van der Waals surface area contributed by atoms with E-state index >= 15 is 0 Å². The minimum atomic E-state index is -2.95. The number of anilines is 1. The van der Waals surface area contributed by atoms with E-state index in [0.29, 0.717) is 48.3 Å². The Morgan fingerprint density at radius 1 is 1.48 bits per heavy atom. The molecular weight excluding hydrogens is 356 g/mol. The Morgan fingerprint density at radius 2 is 2.26 bits per heavy atom. The normalized spacial score (nSPS) is 19.3. The quantitative estimate of drug-likeness (QED) is 0.745. The van der Waals surface area contributed by atoms with Gasteiger partial charge in [-0.25, -0.2) is 0 Å². The molecule has 1 aromatic carbocycles. The number of halogens is 2. The minimum absolute atomic E-state index is 0.0111. The molecule has 6 nitrogen and oxygen atoms in total. The SMILES string of the molecule is CCOC(=O)C1(C)CCN(c2c(C#N)cnc3ccc(OC(F)F)cc23)C1. The second-order valence-electron chi connectivity index (χ2n) is 6.64. The fourth-order valence-electron chi connectivity index (χ4n) is 3.38. The number of carbonyl (C=O) groups excluding carboxylic acids is 1. The van der Waals surface area contributed by atoms with E-state index in [1.165, 1.54) is 18.3 Å². The number of fused-ring (bicyclic) bond motifs is 1. The van der Waals surface area contributed by atoms with Crippen LogP contribution in [0.4, 0.5) is 14.5 Å². The third kappa shape index (κ3) is 3.63. The van der Waals surface area contributed by atoms with Crippen molar-refractivity contribution in [1.29, 1.82) is 5.26 Å². The molecule has 1 atom stereocenters. The summed E-state index contributed by atoms with van der Waals surface area (Å²) in [6.45, 7) is 1.82. The summed E-state index contributed by atoms with van der Waals surface area (Å²) in [7, 11) is 0. The maximum atomic E-state index is 12.6. The highest BCUT2D eigenvalue weighted by atomic mass is 19.3. The van der Waals surface area contributed by atoms with Gasteiger partial charge in [-0.2, -0.15) is 14.0 Å². The van der Waals surface area contributed by atoms with Crippen molar-refractivity contribution in [3.63, 3.8) is 0 Å². The first-order valence-electron chi connectivity index (χ1n) is 8.58. The first-order chi connectivity index (χ1) is 12.9. The van der Waals surface area contributed by atoms with Gasteiger partial charge in [0.25, 0.3) is 0 Å². The van der Waals surface area contributed by atoms with Crippen LogP contribution in [0.3, 0.4) is 0 Å². The van der Waals surface area contributed by atoms with Crippen LogP contribution in [-0.4, -0.2) is 37.3 Å². The Morgan fingerprint density at radius 3 is 2.93 bits per heavy atom. The molecule has 8 heteroatoms. The molecule has 3 rings (SSSR count). The van der Waals surface area contributed by atoms with Crippen LogP contribution in [0, 0.1) is 16.7 Å². The lowest BCUT2D eigenvalue weighted by atomic mass is 9.90. The summed E-state index contributed by atoms with van der Waals surface area (Å²) in [6.07, 6.45) is 2.01. The number of hydrogen-bond donors (Lipinski definition) is 0. The van der Waals surface area contributed by atoms with Crippen molar-refractivity contribution >= 4 is 22.6 Å². The van der Waals surface area contributed by atoms with Crippen molar-refractivity contribution in [2.24, 2.45) is 5.41 Å². The van der Waals surface area contributed by atoms with Gasteiger partial charge < -0.3 is 14.4 Å². The van der Waals surface area contributed by atoms with E-state index in [-0.39, 0.29) is 11.7 Å². The van der Waals surface area contributed by atoms with Crippen LogP contribution in [0.25, 0.3) is 10.9 Å². The Kier molecular flexibility index (Phi) is 5.13. The molecule has 2 heterocycles. The first-order valence-corrected chi connectivity index (χ1v) is 8.58. The van der Waals surface area contributed by atoms with Crippen LogP contribution in [0.2, 0.25) is 0 Å². The van der Waals surface area contributed by atoms with E-state index in [4.69, 9.17) is 4.74 Å². The molecule has 0 N–H and O–H groups in total. The number of alkyl halides is 2. The standard InChI is InChI=1S/C19H19F2N3O3/c1-3-26-17(25)19(2)6-7-24(11-19)16-12(9-22)10-23-15-5-4-13(8-14(15)16)27-18(20)21/h4-5,8,10,18H,3,6-7,11H2,1-2H3. The molecule has 1 fully saturated rings. The summed E-state index contributed by atoms with van der Waals surface area (Å²) in [4.78, 5) is 18.4. The molecule has 1 aromatic heterocycles. The van der Waals surface area contributed by atoms with Gasteiger partial charge in [-0.15, -0.1) is 0 Å². The maximum Gasteiger partial charge on any atom is 0.387 e. The summed E-state index contributed by atoms with van der Waals surface area (Å²) in [5.74, 6) is -0.297. The predicted octanol–water partition coefficient (Wildman–Crippen LogP) is 3.49. The molecule has 1 aliphatic rings. The number of pyridine rings is 1. The molecule has 0 saturated carbocycles. The molecule has 0 bridgehead atoms. The maximum absolute atomic E-state index is 12.6. The van der Waals surface area contributed by atoms with E-state index < -0.39 is 12.0 Å². The number of benzene rings is 1. The Bertz CT molecular complexity index is 913. The number of ether oxygens (including phenoxy) is 2. The topological polar surface area (TPSA) is 75.5 Å². The number of aromatic nitrogens is 1. The van der Waals surface area contributed by atoms with Crippen LogP contribution in [0.5, 0.6) is 5.75 Å². The highest BCUT2D eigenvalue weighted by Gasteiger charge is 2.42. The number of esters is 1. The molecule has 1 unspecified atom stereocenters. The summed E-state index contributed by atoms with van der Waals surface area (Å²) in [5.41, 5.74) is 0.727. The van der Waals surface area contributed by atoms with Crippen LogP contribution in [-0.2, 0) is 9.53 Å². The fraction of sp³-hybridized carbons (Fsp3) is 0.421. The average Bonchev–Trinajstić information content (AvgIpc) is 3.03. The zero-order chi connectivity index (χ0) is 19.6. The van der Waals surface area contributed by atoms with Crippen LogP contribution in [0.1, 0.15) is 25.8 Å². The largest absolute Gasteiger partial charge is 0.466 e. The summed E-state index contributed by atoms with van der Waals surface area (Å²) in [5, 5.41) is 10.0. The lowest BCUT2D eigenvalue weighted by Gasteiger charge is -2.25. The van der Waals surface area contributed by atoms with Gasteiger partial charge in [-0.1, -0.05) is 0 Å². The van der Waals surface area contributed by atoms with Crippen LogP contribution < -0.4 is 9.64 Å². The number of nitrogens with zero attached hydrogens (tertiary/aromatic N) is 3. The fourth-order valence-corrected chi connectivity index (χ4v) is 3.38. The average molecular weight is 375 g/mol. The van der Waals surface area contributed by atoms with Crippen molar-refractivity contribution in [3.8, 4) is 11.8 Å². The monoisotopic (exact) mass is 375 g/mol. The number of hydrogen-bond acceptors (Lipinski definition) is 6. The first kappa shape index (κ1) is 18.8. The molecule has 1 aliphatic heterocycles. The van der Waals surface area contributed by atoms with Gasteiger partial charge in [0.15, 0.2) is 0 Å². The molecule has 142 valence electrons. The number of carbonyl (C=O) groups is 1. The third-order valence-corrected chi connectivity index (χ3v) is 4.71. The van der Waals surface area contributed by atoms with Crippen molar-refractivity contribution in [3.05, 3.63) is 30.0 Å². The Balaban J connectivity index is 2.04. The Labute approximate surface area is 155 Å². The lowest BCUT2D eigenvalue weighted by molar-refractivity contribution is -0.153. The smallest absolute Gasteiger partial charge is 0.387 e. The summed E-state index contributed by atoms with van der Waals surface area (Å²) < 4.78 is 34.8. The molecular formula is C19H19F2N3O3. The second-order valence-corrected chi connectivity index (χ2v) is 6.64. The van der Waals surface area contributed by atoms with Crippen LogP contribution >= 0.6 is 0 Å². The summed E-state index contributed by atoms with van der Waals surface area (Å²) >= 11 is 0. The molecule has 27 heavy (non-hydrogen) atoms. The van der Waals surface area contributed by atoms with Gasteiger partial charge >= 0.3 is 12.6 Å².